The number of ketones is 1. The first-order valence-electron chi connectivity index (χ1n) is 10.6. The van der Waals surface area contributed by atoms with Crippen LogP contribution < -0.4 is 4.90 Å². The van der Waals surface area contributed by atoms with Crippen molar-refractivity contribution in [3.8, 4) is 0 Å². The molecule has 1 aliphatic heterocycles. The van der Waals surface area contributed by atoms with Crippen LogP contribution in [-0.4, -0.2) is 41.0 Å². The second-order valence-electron chi connectivity index (χ2n) is 7.83. The van der Waals surface area contributed by atoms with E-state index in [1.807, 2.05) is 19.9 Å². The van der Waals surface area contributed by atoms with Gasteiger partial charge in [0.15, 0.2) is 6.61 Å². The number of Topliss-reactive ketones (excluding diaryl/α,β-unsaturated/α-hetero) is 1. The molecule has 3 aromatic rings. The zero-order valence-corrected chi connectivity index (χ0v) is 18.8. The number of nitrogens with zero attached hydrogens (tertiary/aromatic N) is 3. The number of carbonyl (C=O) groups is 2. The molecule has 0 bridgehead atoms. The molecule has 0 saturated carbocycles. The summed E-state index contributed by atoms with van der Waals surface area (Å²) in [5, 5.41) is 2.07. The smallest absolute Gasteiger partial charge is 0.342 e. The quantitative estimate of drug-likeness (QED) is 0.385. The summed E-state index contributed by atoms with van der Waals surface area (Å²) < 4.78 is 7.56. The number of ether oxygens (including phenoxy) is 1. The Morgan fingerprint density at radius 3 is 2.68 bits per heavy atom. The molecule has 1 aliphatic rings. The van der Waals surface area contributed by atoms with Crippen LogP contribution >= 0.6 is 11.3 Å². The van der Waals surface area contributed by atoms with Crippen molar-refractivity contribution < 1.29 is 14.3 Å². The van der Waals surface area contributed by atoms with E-state index in [2.05, 4.69) is 32.0 Å². The lowest BCUT2D eigenvalue weighted by atomic mass is 10.1. The Balaban J connectivity index is 1.41. The van der Waals surface area contributed by atoms with E-state index in [1.54, 1.807) is 29.7 Å². The summed E-state index contributed by atoms with van der Waals surface area (Å²) in [6, 6.07) is 9.50. The van der Waals surface area contributed by atoms with Gasteiger partial charge in [-0.3, -0.25) is 4.79 Å². The van der Waals surface area contributed by atoms with E-state index < -0.39 is 5.97 Å². The summed E-state index contributed by atoms with van der Waals surface area (Å²) in [6.45, 7) is 6.26. The molecule has 6 nitrogen and oxygen atoms in total. The maximum Gasteiger partial charge on any atom is 0.342 e. The van der Waals surface area contributed by atoms with E-state index in [0.29, 0.717) is 16.9 Å². The predicted octanol–water partition coefficient (Wildman–Crippen LogP) is 4.44. The van der Waals surface area contributed by atoms with Gasteiger partial charge in [-0.05, 0) is 62.8 Å². The molecule has 0 atom stereocenters. The summed E-state index contributed by atoms with van der Waals surface area (Å²) in [4.78, 5) is 33.3. The number of pyridine rings is 1. The molecule has 0 spiro atoms. The Hall–Kier alpha value is -2.93. The molecule has 1 fully saturated rings. The lowest BCUT2D eigenvalue weighted by Gasteiger charge is -2.18. The minimum absolute atomic E-state index is 0.185. The second-order valence-corrected chi connectivity index (χ2v) is 8.87. The number of hydrogen-bond donors (Lipinski definition) is 0. The van der Waals surface area contributed by atoms with Crippen molar-refractivity contribution in [1.29, 1.82) is 0 Å². The molecule has 7 heteroatoms. The van der Waals surface area contributed by atoms with E-state index in [9.17, 15) is 9.59 Å². The normalized spacial score (nSPS) is 13.5. The molecular formula is C24H27N3O3S. The number of rotatable bonds is 8. The molecule has 4 rings (SSSR count). The van der Waals surface area contributed by atoms with Crippen LogP contribution in [0.4, 0.5) is 5.82 Å². The second kappa shape index (κ2) is 9.47. The highest BCUT2D eigenvalue weighted by Gasteiger charge is 2.23. The first-order chi connectivity index (χ1) is 15.0. The van der Waals surface area contributed by atoms with Gasteiger partial charge in [-0.25, -0.2) is 9.78 Å². The first-order valence-corrected chi connectivity index (χ1v) is 11.5. The zero-order chi connectivity index (χ0) is 21.8. The van der Waals surface area contributed by atoms with Gasteiger partial charge in [-0.15, -0.1) is 11.3 Å². The van der Waals surface area contributed by atoms with Crippen LogP contribution in [0.15, 0.2) is 41.9 Å². The standard InChI is InChI=1S/C24H27N3O3S/c1-17-15-21(18(2)27(17)13-9-19-7-6-14-31-19)22(28)16-30-24(29)20-8-5-10-25-23(20)26-11-3-4-12-26/h5-8,10,14-15H,3-4,9,11-13,16H2,1-2H3. The van der Waals surface area contributed by atoms with Crippen molar-refractivity contribution in [2.24, 2.45) is 0 Å². The van der Waals surface area contributed by atoms with Gasteiger partial charge in [-0.1, -0.05) is 6.07 Å². The van der Waals surface area contributed by atoms with Crippen molar-refractivity contribution in [2.45, 2.75) is 39.7 Å². The Kier molecular flexibility index (Phi) is 6.51. The summed E-state index contributed by atoms with van der Waals surface area (Å²) in [5.41, 5.74) is 2.97. The molecular weight excluding hydrogens is 410 g/mol. The van der Waals surface area contributed by atoms with Gasteiger partial charge in [0, 0.05) is 47.7 Å². The van der Waals surface area contributed by atoms with Gasteiger partial charge in [0.25, 0.3) is 0 Å². The highest BCUT2D eigenvalue weighted by atomic mass is 32.1. The lowest BCUT2D eigenvalue weighted by molar-refractivity contribution is 0.0474. The maximum atomic E-state index is 12.8. The topological polar surface area (TPSA) is 64.4 Å². The number of hydrogen-bond acceptors (Lipinski definition) is 6. The fourth-order valence-electron chi connectivity index (χ4n) is 4.13. The van der Waals surface area contributed by atoms with E-state index in [-0.39, 0.29) is 12.4 Å². The molecule has 0 aliphatic carbocycles. The van der Waals surface area contributed by atoms with Gasteiger partial charge in [0.2, 0.25) is 5.78 Å². The molecule has 0 N–H and O–H groups in total. The van der Waals surface area contributed by atoms with E-state index >= 15 is 0 Å². The average Bonchev–Trinajstić information content (AvgIpc) is 3.53. The fraction of sp³-hybridized carbons (Fsp3) is 0.375. The first kappa shape index (κ1) is 21.3. The minimum atomic E-state index is -0.505. The van der Waals surface area contributed by atoms with Gasteiger partial charge >= 0.3 is 5.97 Å². The van der Waals surface area contributed by atoms with Gasteiger partial charge in [0.1, 0.15) is 11.4 Å². The van der Waals surface area contributed by atoms with Crippen LogP contribution in [0.3, 0.4) is 0 Å². The number of thiophene rings is 1. The summed E-state index contributed by atoms with van der Waals surface area (Å²) in [6.07, 6.45) is 4.79. The van der Waals surface area contributed by atoms with Gasteiger partial charge < -0.3 is 14.2 Å². The number of anilines is 1. The molecule has 0 radical (unpaired) electrons. The van der Waals surface area contributed by atoms with Crippen LogP contribution in [0, 0.1) is 13.8 Å². The van der Waals surface area contributed by atoms with E-state index in [0.717, 1.165) is 50.3 Å². The van der Waals surface area contributed by atoms with Crippen molar-refractivity contribution in [3.05, 3.63) is 69.3 Å². The molecule has 0 aromatic carbocycles. The number of aryl methyl sites for hydroxylation is 2. The molecule has 162 valence electrons. The van der Waals surface area contributed by atoms with Crippen LogP contribution in [0.2, 0.25) is 0 Å². The Morgan fingerprint density at radius 1 is 1.13 bits per heavy atom. The van der Waals surface area contributed by atoms with Crippen LogP contribution in [-0.2, 0) is 17.7 Å². The molecule has 4 heterocycles. The third-order valence-electron chi connectivity index (χ3n) is 5.78. The van der Waals surface area contributed by atoms with Crippen LogP contribution in [0.1, 0.15) is 49.8 Å². The summed E-state index contributed by atoms with van der Waals surface area (Å²) >= 11 is 1.74. The third kappa shape index (κ3) is 4.71. The minimum Gasteiger partial charge on any atom is -0.454 e. The van der Waals surface area contributed by atoms with Crippen molar-refractivity contribution in [3.63, 3.8) is 0 Å². The largest absolute Gasteiger partial charge is 0.454 e. The lowest BCUT2D eigenvalue weighted by Crippen LogP contribution is -2.23. The zero-order valence-electron chi connectivity index (χ0n) is 18.0. The highest BCUT2D eigenvalue weighted by Crippen LogP contribution is 2.23. The number of carbonyl (C=O) groups excluding carboxylic acids is 2. The monoisotopic (exact) mass is 437 g/mol. The van der Waals surface area contributed by atoms with Crippen molar-refractivity contribution in [1.82, 2.24) is 9.55 Å². The Morgan fingerprint density at radius 2 is 1.94 bits per heavy atom. The van der Waals surface area contributed by atoms with Gasteiger partial charge in [-0.2, -0.15) is 0 Å². The third-order valence-corrected chi connectivity index (χ3v) is 6.72. The van der Waals surface area contributed by atoms with Crippen LogP contribution in [0.25, 0.3) is 0 Å². The average molecular weight is 438 g/mol. The van der Waals surface area contributed by atoms with E-state index in [1.165, 1.54) is 4.88 Å². The van der Waals surface area contributed by atoms with Crippen molar-refractivity contribution in [2.75, 3.05) is 24.6 Å². The number of esters is 1. The van der Waals surface area contributed by atoms with Gasteiger partial charge in [0.05, 0.1) is 0 Å². The highest BCUT2D eigenvalue weighted by molar-refractivity contribution is 7.09. The molecule has 3 aromatic heterocycles. The summed E-state index contributed by atoms with van der Waals surface area (Å²) in [5.74, 6) is -0.0468. The molecule has 1 saturated heterocycles. The number of aromatic nitrogens is 2. The molecule has 0 unspecified atom stereocenters. The summed E-state index contributed by atoms with van der Waals surface area (Å²) in [7, 11) is 0. The fourth-order valence-corrected chi connectivity index (χ4v) is 4.83. The maximum absolute atomic E-state index is 12.8. The SMILES string of the molecule is Cc1cc(C(=O)COC(=O)c2cccnc2N2CCCC2)c(C)n1CCc1cccs1. The van der Waals surface area contributed by atoms with Crippen molar-refractivity contribution >= 4 is 28.9 Å². The molecule has 31 heavy (non-hydrogen) atoms. The Bertz CT molecular complexity index is 1070. The van der Waals surface area contributed by atoms with E-state index in [4.69, 9.17) is 4.74 Å². The van der Waals surface area contributed by atoms with Crippen LogP contribution in [0.5, 0.6) is 0 Å². The predicted molar refractivity (Wildman–Crippen MR) is 122 cm³/mol. The molecule has 0 amide bonds. The Labute approximate surface area is 186 Å².